The number of methoxy groups -OCH3 is 1. The highest BCUT2D eigenvalue weighted by Crippen LogP contribution is 2.27. The fraction of sp³-hybridized carbons (Fsp3) is 0.462. The van der Waals surface area contributed by atoms with Crippen LogP contribution in [0.2, 0.25) is 10.0 Å². The van der Waals surface area contributed by atoms with Gasteiger partial charge in [-0.2, -0.15) is 0 Å². The lowest BCUT2D eigenvalue weighted by Crippen LogP contribution is -2.16. The van der Waals surface area contributed by atoms with E-state index in [9.17, 15) is 0 Å². The first kappa shape index (κ1) is 17.4. The van der Waals surface area contributed by atoms with Gasteiger partial charge in [0.05, 0.1) is 24.3 Å². The van der Waals surface area contributed by atoms with E-state index in [2.05, 4.69) is 4.99 Å². The first-order valence-corrected chi connectivity index (χ1v) is 7.80. The van der Waals surface area contributed by atoms with Crippen LogP contribution in [0.3, 0.4) is 0 Å². The van der Waals surface area contributed by atoms with Crippen molar-refractivity contribution in [3.63, 3.8) is 0 Å². The zero-order valence-corrected chi connectivity index (χ0v) is 13.8. The molecule has 0 fully saturated rings. The Balaban J connectivity index is 2.31. The predicted molar refractivity (Wildman–Crippen MR) is 87.4 cm³/mol. The van der Waals surface area contributed by atoms with Crippen LogP contribution in [0.4, 0.5) is 0 Å². The minimum Gasteiger partial charge on any atom is -0.491 e. The third kappa shape index (κ3) is 6.70. The van der Waals surface area contributed by atoms with E-state index in [1.165, 1.54) is 11.8 Å². The first-order valence-electron chi connectivity index (χ1n) is 6.05. The number of rotatable bonds is 7. The van der Waals surface area contributed by atoms with E-state index in [0.717, 1.165) is 0 Å². The second-order valence-electron chi connectivity index (χ2n) is 4.04. The Labute approximate surface area is 133 Å². The molecule has 0 saturated carbocycles. The summed E-state index contributed by atoms with van der Waals surface area (Å²) in [4.78, 5) is 4.27. The van der Waals surface area contributed by atoms with Crippen molar-refractivity contribution in [1.82, 2.24) is 0 Å². The molecule has 0 aliphatic rings. The largest absolute Gasteiger partial charge is 0.491 e. The van der Waals surface area contributed by atoms with E-state index < -0.39 is 0 Å². The Morgan fingerprint density at radius 3 is 2.85 bits per heavy atom. The maximum absolute atomic E-state index is 6.00. The van der Waals surface area contributed by atoms with Crippen LogP contribution in [0.15, 0.2) is 23.2 Å². The monoisotopic (exact) mass is 336 g/mol. The topological polar surface area (TPSA) is 56.8 Å². The number of thioether (sulfide) groups is 1. The third-order valence-electron chi connectivity index (χ3n) is 2.24. The number of nitrogens with two attached hydrogens (primary N) is 1. The van der Waals surface area contributed by atoms with Gasteiger partial charge in [-0.3, -0.25) is 4.99 Å². The normalized spacial score (nSPS) is 13.3. The summed E-state index contributed by atoms with van der Waals surface area (Å²) in [5.41, 5.74) is 5.79. The summed E-state index contributed by atoms with van der Waals surface area (Å²) in [6.45, 7) is 2.99. The van der Waals surface area contributed by atoms with Crippen molar-refractivity contribution in [3.05, 3.63) is 28.2 Å². The molecular formula is C13H18Cl2N2O2S. The van der Waals surface area contributed by atoms with Gasteiger partial charge in [0, 0.05) is 17.9 Å². The highest BCUT2D eigenvalue weighted by Gasteiger charge is 2.04. The van der Waals surface area contributed by atoms with Crippen LogP contribution in [0, 0.1) is 0 Å². The fourth-order valence-electron chi connectivity index (χ4n) is 1.42. The smallest absolute Gasteiger partial charge is 0.154 e. The van der Waals surface area contributed by atoms with Crippen molar-refractivity contribution < 1.29 is 9.47 Å². The van der Waals surface area contributed by atoms with Gasteiger partial charge in [-0.05, 0) is 25.1 Å². The number of nitrogens with zero attached hydrogens (tertiary/aromatic N) is 1. The van der Waals surface area contributed by atoms with Gasteiger partial charge in [0.1, 0.15) is 5.75 Å². The average molecular weight is 337 g/mol. The SMILES string of the molecule is COC[C@@H](C)N=C(N)SCCOc1ccc(Cl)cc1Cl. The number of amidine groups is 1. The van der Waals surface area contributed by atoms with Gasteiger partial charge in [0.15, 0.2) is 5.17 Å². The predicted octanol–water partition coefficient (Wildman–Crippen LogP) is 3.46. The summed E-state index contributed by atoms with van der Waals surface area (Å²) in [5.74, 6) is 1.30. The molecule has 0 bridgehead atoms. The average Bonchev–Trinajstić information content (AvgIpc) is 2.36. The molecule has 2 N–H and O–H groups in total. The zero-order chi connectivity index (χ0) is 15.0. The molecule has 0 spiro atoms. The van der Waals surface area contributed by atoms with Crippen molar-refractivity contribution in [1.29, 1.82) is 0 Å². The number of benzene rings is 1. The molecule has 0 heterocycles. The number of aliphatic imine (C=N–C) groups is 1. The van der Waals surface area contributed by atoms with Crippen LogP contribution < -0.4 is 10.5 Å². The van der Waals surface area contributed by atoms with Crippen molar-refractivity contribution in [2.75, 3.05) is 26.1 Å². The highest BCUT2D eigenvalue weighted by molar-refractivity contribution is 8.13. The Kier molecular flexibility index (Phi) is 8.14. The summed E-state index contributed by atoms with van der Waals surface area (Å²) in [5, 5.41) is 1.61. The lowest BCUT2D eigenvalue weighted by Gasteiger charge is -2.09. The second-order valence-corrected chi connectivity index (χ2v) is 6.00. The van der Waals surface area contributed by atoms with Crippen molar-refractivity contribution in [3.8, 4) is 5.75 Å². The van der Waals surface area contributed by atoms with Gasteiger partial charge < -0.3 is 15.2 Å². The molecule has 1 aromatic rings. The maximum atomic E-state index is 6.00. The number of hydrogen-bond acceptors (Lipinski definition) is 4. The maximum Gasteiger partial charge on any atom is 0.154 e. The van der Waals surface area contributed by atoms with Gasteiger partial charge in [-0.15, -0.1) is 0 Å². The zero-order valence-electron chi connectivity index (χ0n) is 11.4. The summed E-state index contributed by atoms with van der Waals surface area (Å²) in [6.07, 6.45) is 0. The first-order chi connectivity index (χ1) is 9.52. The van der Waals surface area contributed by atoms with E-state index in [0.29, 0.717) is 39.9 Å². The molecule has 0 unspecified atom stereocenters. The molecule has 20 heavy (non-hydrogen) atoms. The van der Waals surface area contributed by atoms with Crippen LogP contribution in [0.25, 0.3) is 0 Å². The summed E-state index contributed by atoms with van der Waals surface area (Å²) in [7, 11) is 1.64. The molecule has 4 nitrogen and oxygen atoms in total. The molecule has 1 atom stereocenters. The second kappa shape index (κ2) is 9.34. The van der Waals surface area contributed by atoms with Gasteiger partial charge >= 0.3 is 0 Å². The Morgan fingerprint density at radius 1 is 1.45 bits per heavy atom. The van der Waals surface area contributed by atoms with Crippen LogP contribution in [-0.2, 0) is 4.74 Å². The molecule has 7 heteroatoms. The minimum atomic E-state index is 0.0547. The molecule has 0 saturated heterocycles. The Morgan fingerprint density at radius 2 is 2.20 bits per heavy atom. The van der Waals surface area contributed by atoms with E-state index >= 15 is 0 Å². The molecule has 112 valence electrons. The van der Waals surface area contributed by atoms with Crippen LogP contribution >= 0.6 is 35.0 Å². The van der Waals surface area contributed by atoms with E-state index in [1.54, 1.807) is 25.3 Å². The minimum absolute atomic E-state index is 0.0547. The van der Waals surface area contributed by atoms with Gasteiger partial charge in [-0.25, -0.2) is 0 Å². The quantitative estimate of drug-likeness (QED) is 0.470. The van der Waals surface area contributed by atoms with Gasteiger partial charge in [0.2, 0.25) is 0 Å². The third-order valence-corrected chi connectivity index (χ3v) is 3.54. The van der Waals surface area contributed by atoms with Crippen LogP contribution in [0.1, 0.15) is 6.92 Å². The van der Waals surface area contributed by atoms with Crippen molar-refractivity contribution in [2.24, 2.45) is 10.7 Å². The number of halogens is 2. The Hall–Kier alpha value is -0.620. The van der Waals surface area contributed by atoms with Crippen molar-refractivity contribution in [2.45, 2.75) is 13.0 Å². The summed E-state index contributed by atoms with van der Waals surface area (Å²) in [6, 6.07) is 5.18. The standard InChI is InChI=1S/C13H18Cl2N2O2S/c1-9(8-18-2)17-13(16)20-6-5-19-12-4-3-10(14)7-11(12)15/h3-4,7,9H,5-6,8H2,1-2H3,(H2,16,17)/t9-/m1/s1. The van der Waals surface area contributed by atoms with Crippen LogP contribution in [0.5, 0.6) is 5.75 Å². The van der Waals surface area contributed by atoms with E-state index in [1.807, 2.05) is 6.92 Å². The number of hydrogen-bond donors (Lipinski definition) is 1. The molecule has 1 rings (SSSR count). The van der Waals surface area contributed by atoms with Gasteiger partial charge in [-0.1, -0.05) is 35.0 Å². The van der Waals surface area contributed by atoms with Gasteiger partial charge in [0.25, 0.3) is 0 Å². The lowest BCUT2D eigenvalue weighted by atomic mass is 10.3. The van der Waals surface area contributed by atoms with Crippen molar-refractivity contribution >= 4 is 40.1 Å². The molecule has 0 aliphatic heterocycles. The van der Waals surface area contributed by atoms with E-state index in [4.69, 9.17) is 38.4 Å². The lowest BCUT2D eigenvalue weighted by molar-refractivity contribution is 0.186. The molecule has 1 aromatic carbocycles. The molecule has 0 aromatic heterocycles. The number of ether oxygens (including phenoxy) is 2. The van der Waals surface area contributed by atoms with E-state index in [-0.39, 0.29) is 6.04 Å². The summed E-state index contributed by atoms with van der Waals surface area (Å²) >= 11 is 13.2. The van der Waals surface area contributed by atoms with Crippen LogP contribution in [-0.4, -0.2) is 37.3 Å². The molecule has 0 aliphatic carbocycles. The molecular weight excluding hydrogens is 319 g/mol. The summed E-state index contributed by atoms with van der Waals surface area (Å²) < 4.78 is 10.5. The molecule has 0 radical (unpaired) electrons. The Bertz CT molecular complexity index is 458. The highest BCUT2D eigenvalue weighted by atomic mass is 35.5. The molecule has 0 amide bonds. The fourth-order valence-corrected chi connectivity index (χ4v) is 2.52.